The second kappa shape index (κ2) is 7.55. The summed E-state index contributed by atoms with van der Waals surface area (Å²) in [4.78, 5) is 32.8. The monoisotopic (exact) mass is 438 g/mol. The molecule has 0 spiro atoms. The number of aromatic nitrogens is 2. The van der Waals surface area contributed by atoms with Gasteiger partial charge in [0.25, 0.3) is 5.91 Å². The van der Waals surface area contributed by atoms with E-state index >= 15 is 0 Å². The number of para-hydroxylation sites is 1. The molecule has 2 amide bonds. The number of hydrogen-bond acceptors (Lipinski definition) is 4. The quantitative estimate of drug-likeness (QED) is 0.486. The van der Waals surface area contributed by atoms with Crippen LogP contribution in [0.3, 0.4) is 0 Å². The fourth-order valence-corrected chi connectivity index (χ4v) is 3.93. The van der Waals surface area contributed by atoms with Gasteiger partial charge < -0.3 is 14.2 Å². The van der Waals surface area contributed by atoms with E-state index < -0.39 is 11.7 Å². The average Bonchev–Trinajstić information content (AvgIpc) is 3.43. The third-order valence-corrected chi connectivity index (χ3v) is 5.61. The summed E-state index contributed by atoms with van der Waals surface area (Å²) in [5.74, 6) is -1.34. The predicted octanol–water partition coefficient (Wildman–Crippen LogP) is 3.88. The number of nitrogens with zero attached hydrogens (tertiary/aromatic N) is 4. The van der Waals surface area contributed by atoms with Gasteiger partial charge in [0.15, 0.2) is 17.2 Å². The highest BCUT2D eigenvalue weighted by Gasteiger charge is 2.31. The van der Waals surface area contributed by atoms with Crippen molar-refractivity contribution in [2.24, 2.45) is 0 Å². The lowest BCUT2D eigenvalue weighted by Gasteiger charge is -2.34. The zero-order chi connectivity index (χ0) is 21.5. The molecule has 31 heavy (non-hydrogen) atoms. The standard InChI is InChI=1S/C22H16ClFN4O3/c23-20-19(25-21-17(24)10-15(11-28(20)21)14-6-9-31-13-14)22(30)26-7-8-27(18(29)12-26)16-4-2-1-3-5-16/h1-6,9-11,13H,7-8,12H2. The van der Waals surface area contributed by atoms with Crippen LogP contribution < -0.4 is 4.90 Å². The molecular weight excluding hydrogens is 423 g/mol. The number of amides is 2. The molecule has 0 radical (unpaired) electrons. The Morgan fingerprint density at radius 1 is 1.13 bits per heavy atom. The molecule has 0 bridgehead atoms. The number of anilines is 1. The first-order valence-corrected chi connectivity index (χ1v) is 9.95. The molecule has 4 aromatic rings. The Morgan fingerprint density at radius 2 is 1.94 bits per heavy atom. The second-order valence-electron chi connectivity index (χ2n) is 7.14. The minimum absolute atomic E-state index is 0.0119. The molecule has 1 aliphatic heterocycles. The van der Waals surface area contributed by atoms with Gasteiger partial charge in [-0.1, -0.05) is 29.8 Å². The maximum absolute atomic E-state index is 14.7. The Morgan fingerprint density at radius 3 is 2.65 bits per heavy atom. The zero-order valence-electron chi connectivity index (χ0n) is 16.2. The Balaban J connectivity index is 1.43. The number of carbonyl (C=O) groups excluding carboxylic acids is 2. The molecule has 0 aliphatic carbocycles. The molecule has 0 saturated carbocycles. The van der Waals surface area contributed by atoms with Crippen LogP contribution in [0.4, 0.5) is 10.1 Å². The van der Waals surface area contributed by atoms with E-state index in [0.29, 0.717) is 24.2 Å². The Hall–Kier alpha value is -3.65. The van der Waals surface area contributed by atoms with Crippen LogP contribution in [0.1, 0.15) is 10.5 Å². The number of halogens is 2. The van der Waals surface area contributed by atoms with Gasteiger partial charge in [0.2, 0.25) is 5.91 Å². The fourth-order valence-electron chi connectivity index (χ4n) is 3.68. The molecule has 7 nitrogen and oxygen atoms in total. The maximum atomic E-state index is 14.7. The van der Waals surface area contributed by atoms with Gasteiger partial charge in [-0.05, 0) is 24.3 Å². The first-order valence-electron chi connectivity index (χ1n) is 9.57. The van der Waals surface area contributed by atoms with Crippen LogP contribution in [0.25, 0.3) is 16.8 Å². The largest absolute Gasteiger partial charge is 0.472 e. The van der Waals surface area contributed by atoms with E-state index in [1.54, 1.807) is 17.2 Å². The summed E-state index contributed by atoms with van der Waals surface area (Å²) in [6, 6.07) is 12.3. The van der Waals surface area contributed by atoms with Crippen molar-refractivity contribution in [2.45, 2.75) is 0 Å². The molecule has 156 valence electrons. The fraction of sp³-hybridized carbons (Fsp3) is 0.136. The summed E-state index contributed by atoms with van der Waals surface area (Å²) >= 11 is 6.41. The van der Waals surface area contributed by atoms with E-state index in [4.69, 9.17) is 16.0 Å². The van der Waals surface area contributed by atoms with Crippen molar-refractivity contribution in [3.05, 3.63) is 77.9 Å². The smallest absolute Gasteiger partial charge is 0.276 e. The van der Waals surface area contributed by atoms with Crippen LogP contribution in [-0.4, -0.2) is 45.7 Å². The molecule has 1 saturated heterocycles. The van der Waals surface area contributed by atoms with Gasteiger partial charge in [0.1, 0.15) is 11.7 Å². The van der Waals surface area contributed by atoms with Crippen LogP contribution in [-0.2, 0) is 4.79 Å². The third kappa shape index (κ3) is 3.34. The highest BCUT2D eigenvalue weighted by Crippen LogP contribution is 2.28. The number of pyridine rings is 1. The lowest BCUT2D eigenvalue weighted by Crippen LogP contribution is -2.52. The molecule has 4 heterocycles. The van der Waals surface area contributed by atoms with Crippen LogP contribution in [0.15, 0.2) is 65.6 Å². The summed E-state index contributed by atoms with van der Waals surface area (Å²) in [6.45, 7) is 0.547. The van der Waals surface area contributed by atoms with Crippen LogP contribution in [0.5, 0.6) is 0 Å². The van der Waals surface area contributed by atoms with Gasteiger partial charge >= 0.3 is 0 Å². The van der Waals surface area contributed by atoms with Gasteiger partial charge in [0, 0.05) is 36.1 Å². The lowest BCUT2D eigenvalue weighted by molar-refractivity contribution is -0.120. The molecule has 0 atom stereocenters. The van der Waals surface area contributed by atoms with Crippen LogP contribution in [0, 0.1) is 5.82 Å². The Labute approximate surface area is 181 Å². The molecule has 3 aromatic heterocycles. The topological polar surface area (TPSA) is 71.1 Å². The summed E-state index contributed by atoms with van der Waals surface area (Å²) in [5.41, 5.74) is 1.82. The van der Waals surface area contributed by atoms with Crippen molar-refractivity contribution >= 4 is 34.7 Å². The van der Waals surface area contributed by atoms with Crippen molar-refractivity contribution in [1.29, 1.82) is 0 Å². The van der Waals surface area contributed by atoms with Crippen molar-refractivity contribution < 1.29 is 18.4 Å². The normalized spacial score (nSPS) is 14.5. The number of imidazole rings is 1. The third-order valence-electron chi connectivity index (χ3n) is 5.25. The van der Waals surface area contributed by atoms with Gasteiger partial charge in [-0.3, -0.25) is 14.0 Å². The molecule has 1 aliphatic rings. The molecule has 9 heteroatoms. The van der Waals surface area contributed by atoms with Gasteiger partial charge in [-0.15, -0.1) is 0 Å². The first kappa shape index (κ1) is 19.3. The average molecular weight is 439 g/mol. The van der Waals surface area contributed by atoms with Crippen LogP contribution >= 0.6 is 11.6 Å². The SMILES string of the molecule is O=C(c1nc2c(F)cc(-c3ccoc3)cn2c1Cl)N1CCN(c2ccccc2)C(=O)C1. The summed E-state index contributed by atoms with van der Waals surface area (Å²) < 4.78 is 21.1. The summed E-state index contributed by atoms with van der Waals surface area (Å²) in [5, 5.41) is -0.0119. The van der Waals surface area contributed by atoms with E-state index in [-0.39, 0.29) is 28.9 Å². The molecule has 1 aromatic carbocycles. The van der Waals surface area contributed by atoms with Crippen LogP contribution in [0.2, 0.25) is 5.15 Å². The van der Waals surface area contributed by atoms with Crippen molar-refractivity contribution in [3.63, 3.8) is 0 Å². The van der Waals surface area contributed by atoms with E-state index in [1.165, 1.54) is 27.9 Å². The highest BCUT2D eigenvalue weighted by atomic mass is 35.5. The molecular formula is C22H16ClFN4O3. The number of rotatable bonds is 3. The highest BCUT2D eigenvalue weighted by molar-refractivity contribution is 6.33. The van der Waals surface area contributed by atoms with E-state index in [0.717, 1.165) is 5.69 Å². The van der Waals surface area contributed by atoms with Crippen molar-refractivity contribution in [1.82, 2.24) is 14.3 Å². The minimum Gasteiger partial charge on any atom is -0.472 e. The van der Waals surface area contributed by atoms with E-state index in [1.807, 2.05) is 30.3 Å². The minimum atomic E-state index is -0.621. The van der Waals surface area contributed by atoms with Gasteiger partial charge in [0.05, 0.1) is 12.5 Å². The molecule has 5 rings (SSSR count). The molecule has 1 fully saturated rings. The number of piperazine rings is 1. The number of benzene rings is 1. The summed E-state index contributed by atoms with van der Waals surface area (Å²) in [6.07, 6.45) is 4.55. The zero-order valence-corrected chi connectivity index (χ0v) is 16.9. The van der Waals surface area contributed by atoms with E-state index in [9.17, 15) is 14.0 Å². The Kier molecular flexibility index (Phi) is 4.71. The number of furan rings is 1. The Bertz CT molecular complexity index is 1290. The maximum Gasteiger partial charge on any atom is 0.276 e. The second-order valence-corrected chi connectivity index (χ2v) is 7.50. The number of fused-ring (bicyclic) bond motifs is 1. The molecule has 0 unspecified atom stereocenters. The first-order chi connectivity index (χ1) is 15.0. The van der Waals surface area contributed by atoms with Gasteiger partial charge in [-0.25, -0.2) is 9.37 Å². The molecule has 0 N–H and O–H groups in total. The summed E-state index contributed by atoms with van der Waals surface area (Å²) in [7, 11) is 0. The lowest BCUT2D eigenvalue weighted by atomic mass is 10.1. The van der Waals surface area contributed by atoms with Gasteiger partial charge in [-0.2, -0.15) is 0 Å². The predicted molar refractivity (Wildman–Crippen MR) is 113 cm³/mol. The van der Waals surface area contributed by atoms with E-state index in [2.05, 4.69) is 4.98 Å². The van der Waals surface area contributed by atoms with Crippen molar-refractivity contribution in [2.75, 3.05) is 24.5 Å². The number of hydrogen-bond donors (Lipinski definition) is 0. The number of carbonyl (C=O) groups is 2. The van der Waals surface area contributed by atoms with Crippen molar-refractivity contribution in [3.8, 4) is 11.1 Å².